The Bertz CT molecular complexity index is 1350. The Morgan fingerprint density at radius 2 is 1.25 bits per heavy atom. The maximum absolute atomic E-state index is 14.0. The SMILES string of the molecule is C.C.C.C.C.C.C.C.CC1C2CCC(C2)C1C1C(=O)OC(=O)C1C1C2CC(CC2C(=O)OC(C)(C)C)C1C1C(C)C2CC1C(C(=O)O)C2C(=O)OCCOCCO. The molecule has 0 spiro atoms. The van der Waals surface area contributed by atoms with E-state index in [4.69, 9.17) is 24.1 Å². The minimum atomic E-state index is -1.02. The molecule has 1 heterocycles. The lowest BCUT2D eigenvalue weighted by molar-refractivity contribution is -0.169. The van der Waals surface area contributed by atoms with Crippen LogP contribution >= 0.6 is 0 Å². The number of rotatable bonds is 11. The number of fused-ring (bicyclic) bond motifs is 6. The maximum Gasteiger partial charge on any atom is 0.317 e. The van der Waals surface area contributed by atoms with Crippen LogP contribution in [0.5, 0.6) is 0 Å². The third kappa shape index (κ3) is 9.44. The molecule has 0 amide bonds. The van der Waals surface area contributed by atoms with Crippen molar-refractivity contribution < 1.29 is 53.1 Å². The van der Waals surface area contributed by atoms with Gasteiger partial charge in [-0.1, -0.05) is 73.3 Å². The summed E-state index contributed by atoms with van der Waals surface area (Å²) in [5.74, 6) is -5.77. The summed E-state index contributed by atoms with van der Waals surface area (Å²) in [6, 6.07) is 0. The van der Waals surface area contributed by atoms with Gasteiger partial charge in [-0.05, 0) is 130 Å². The first kappa shape index (κ1) is 56.6. The van der Waals surface area contributed by atoms with Crippen LogP contribution in [0.1, 0.15) is 133 Å². The van der Waals surface area contributed by atoms with Gasteiger partial charge in [-0.3, -0.25) is 24.0 Å². The van der Waals surface area contributed by atoms with Crippen LogP contribution in [-0.2, 0) is 42.9 Å². The summed E-state index contributed by atoms with van der Waals surface area (Å²) in [6.45, 7) is 9.97. The van der Waals surface area contributed by atoms with Crippen molar-refractivity contribution in [3.05, 3.63) is 0 Å². The van der Waals surface area contributed by atoms with E-state index in [1.165, 1.54) is 0 Å². The Balaban J connectivity index is 0. The second-order valence-electron chi connectivity index (χ2n) is 17.6. The van der Waals surface area contributed by atoms with Crippen molar-refractivity contribution >= 4 is 29.8 Å². The molecule has 336 valence electrons. The number of aliphatic carboxylic acids is 1. The van der Waals surface area contributed by atoms with Gasteiger partial charge in [0.1, 0.15) is 12.2 Å². The lowest BCUT2D eigenvalue weighted by Crippen LogP contribution is -2.51. The fraction of sp³-hybridized carbons (Fsp3) is 0.891. The summed E-state index contributed by atoms with van der Waals surface area (Å²) >= 11 is 0. The fourth-order valence-corrected chi connectivity index (χ4v) is 13.3. The lowest BCUT2D eigenvalue weighted by atomic mass is 9.54. The number of ether oxygens (including phenoxy) is 4. The first-order valence-electron chi connectivity index (χ1n) is 18.8. The van der Waals surface area contributed by atoms with Crippen molar-refractivity contribution in [3.63, 3.8) is 0 Å². The number of carbonyl (C=O) groups is 5. The second kappa shape index (κ2) is 21.1. The van der Waals surface area contributed by atoms with E-state index in [1.54, 1.807) is 0 Å². The van der Waals surface area contributed by atoms with Crippen molar-refractivity contribution in [2.45, 2.75) is 138 Å². The van der Waals surface area contributed by atoms with Crippen LogP contribution in [0, 0.1) is 101 Å². The number of esters is 4. The molecule has 2 N–H and O–H groups in total. The Morgan fingerprint density at radius 3 is 1.79 bits per heavy atom. The van der Waals surface area contributed by atoms with Crippen LogP contribution < -0.4 is 0 Å². The van der Waals surface area contributed by atoms with Gasteiger partial charge in [-0.15, -0.1) is 0 Å². The average molecular weight is 815 g/mol. The molecule has 0 aromatic heterocycles. The third-order valence-corrected chi connectivity index (χ3v) is 14.6. The lowest BCUT2D eigenvalue weighted by Gasteiger charge is -2.48. The number of hydrogen-bond donors (Lipinski definition) is 2. The molecule has 1 aliphatic heterocycles. The van der Waals surface area contributed by atoms with E-state index >= 15 is 0 Å². The summed E-state index contributed by atoms with van der Waals surface area (Å²) in [5, 5.41) is 19.5. The van der Waals surface area contributed by atoms with Crippen molar-refractivity contribution in [2.75, 3.05) is 26.4 Å². The summed E-state index contributed by atoms with van der Waals surface area (Å²) in [6.07, 6.45) is 5.21. The number of aliphatic hydroxyl groups excluding tert-OH is 1. The molecule has 0 aromatic carbocycles. The molecule has 7 rings (SSSR count). The third-order valence-electron chi connectivity index (χ3n) is 14.6. The van der Waals surface area contributed by atoms with Gasteiger partial charge in [-0.2, -0.15) is 0 Å². The molecule has 17 atom stereocenters. The van der Waals surface area contributed by atoms with Crippen molar-refractivity contribution in [2.24, 2.45) is 101 Å². The van der Waals surface area contributed by atoms with Gasteiger partial charge in [0.15, 0.2) is 0 Å². The maximum atomic E-state index is 14.0. The minimum absolute atomic E-state index is 0. The van der Waals surface area contributed by atoms with E-state index in [1.807, 2.05) is 20.8 Å². The molecule has 0 radical (unpaired) electrons. The predicted octanol–water partition coefficient (Wildman–Crippen LogP) is 9.07. The van der Waals surface area contributed by atoms with Gasteiger partial charge in [0.25, 0.3) is 0 Å². The van der Waals surface area contributed by atoms with Gasteiger partial charge in [-0.25, -0.2) is 0 Å². The summed E-state index contributed by atoms with van der Waals surface area (Å²) in [4.78, 5) is 67.8. The van der Waals surface area contributed by atoms with Crippen molar-refractivity contribution in [1.82, 2.24) is 0 Å². The van der Waals surface area contributed by atoms with E-state index in [0.29, 0.717) is 30.6 Å². The summed E-state index contributed by atoms with van der Waals surface area (Å²) in [7, 11) is 0. The average Bonchev–Trinajstić information content (AvgIpc) is 3.87. The standard InChI is InChI=1S/C38H54O11.8CH4/c1-16-18-6-7-19(12-18)25(16)31-32(37(45)48-36(31)44)28-22-13-20(14-23(22)34(42)49-38(3,4)5)27(28)26-17(2)21-15-24(26)29(33(40)41)30(21)35(43)47-11-10-46-9-8-39;;;;;;;;/h16-32,39H,6-15H2,1-5H3,(H,40,41);8*1H4. The molecule has 1 saturated heterocycles. The van der Waals surface area contributed by atoms with Crippen molar-refractivity contribution in [3.8, 4) is 0 Å². The normalized spacial score (nSPS) is 39.9. The highest BCUT2D eigenvalue weighted by atomic mass is 16.6. The van der Waals surface area contributed by atoms with Crippen LogP contribution in [0.4, 0.5) is 0 Å². The van der Waals surface area contributed by atoms with Crippen LogP contribution in [0.25, 0.3) is 0 Å². The van der Waals surface area contributed by atoms with E-state index < -0.39 is 59.1 Å². The molecule has 0 aromatic rings. The highest BCUT2D eigenvalue weighted by molar-refractivity contribution is 5.97. The molecule has 6 bridgehead atoms. The molecular formula is C46H86O11. The highest BCUT2D eigenvalue weighted by Crippen LogP contribution is 2.70. The van der Waals surface area contributed by atoms with Gasteiger partial charge in [0.2, 0.25) is 0 Å². The Morgan fingerprint density at radius 1 is 0.649 bits per heavy atom. The highest BCUT2D eigenvalue weighted by Gasteiger charge is 2.71. The first-order valence-corrected chi connectivity index (χ1v) is 18.8. The number of carboxylic acids is 1. The number of carbonyl (C=O) groups excluding carboxylic acids is 4. The molecule has 11 heteroatoms. The summed E-state index contributed by atoms with van der Waals surface area (Å²) in [5.41, 5.74) is -0.667. The largest absolute Gasteiger partial charge is 0.481 e. The molecule has 7 fully saturated rings. The van der Waals surface area contributed by atoms with E-state index in [2.05, 4.69) is 13.8 Å². The Labute approximate surface area is 347 Å². The number of carboxylic acid groups (broad SMARTS) is 1. The van der Waals surface area contributed by atoms with Crippen LogP contribution in [0.2, 0.25) is 0 Å². The fourth-order valence-electron chi connectivity index (χ4n) is 13.3. The molecule has 17 unspecified atom stereocenters. The van der Waals surface area contributed by atoms with Gasteiger partial charge in [0.05, 0.1) is 49.4 Å². The zero-order chi connectivity index (χ0) is 35.1. The van der Waals surface area contributed by atoms with Crippen LogP contribution in [0.3, 0.4) is 0 Å². The topological polar surface area (TPSA) is 163 Å². The molecule has 6 aliphatic carbocycles. The molecule has 57 heavy (non-hydrogen) atoms. The van der Waals surface area contributed by atoms with Crippen LogP contribution in [-0.4, -0.2) is 72.1 Å². The van der Waals surface area contributed by atoms with Gasteiger partial charge >= 0.3 is 29.8 Å². The van der Waals surface area contributed by atoms with E-state index in [0.717, 1.165) is 25.7 Å². The Kier molecular flexibility index (Phi) is 21.0. The van der Waals surface area contributed by atoms with E-state index in [9.17, 15) is 29.1 Å². The second-order valence-corrected chi connectivity index (χ2v) is 17.6. The molecule has 7 aliphatic rings. The van der Waals surface area contributed by atoms with E-state index in [-0.39, 0.29) is 145 Å². The van der Waals surface area contributed by atoms with Crippen molar-refractivity contribution in [1.29, 1.82) is 0 Å². The zero-order valence-corrected chi connectivity index (χ0v) is 29.5. The predicted molar refractivity (Wildman–Crippen MR) is 226 cm³/mol. The molecule has 6 saturated carbocycles. The first-order chi connectivity index (χ1) is 23.2. The monoisotopic (exact) mass is 815 g/mol. The minimum Gasteiger partial charge on any atom is -0.481 e. The number of aliphatic hydroxyl groups is 1. The Hall–Kier alpha value is -2.53. The molecule has 11 nitrogen and oxygen atoms in total. The zero-order valence-electron chi connectivity index (χ0n) is 29.5. The van der Waals surface area contributed by atoms with Crippen LogP contribution in [0.15, 0.2) is 0 Å². The number of hydrogen-bond acceptors (Lipinski definition) is 10. The van der Waals surface area contributed by atoms with Gasteiger partial charge < -0.3 is 29.2 Å². The smallest absolute Gasteiger partial charge is 0.317 e. The summed E-state index contributed by atoms with van der Waals surface area (Å²) < 4.78 is 22.2. The quantitative estimate of drug-likeness (QED) is 0.0886. The number of cyclic esters (lactones) is 2. The molecular weight excluding hydrogens is 728 g/mol. The van der Waals surface area contributed by atoms with Gasteiger partial charge in [0, 0.05) is 0 Å².